The fourth-order valence-electron chi connectivity index (χ4n) is 2.77. The average molecular weight is 363 g/mol. The number of imidazole rings is 1. The summed E-state index contributed by atoms with van der Waals surface area (Å²) in [5.74, 6) is -0.365. The lowest BCUT2D eigenvalue weighted by molar-refractivity contribution is 0.0473. The molecule has 0 aliphatic rings. The normalized spacial score (nSPS) is 11.0. The fraction of sp³-hybridized carbons (Fsp3) is 0.150. The molecule has 5 nitrogen and oxygen atoms in total. The molecular weight excluding hydrogens is 346 g/mol. The number of aryl methyl sites for hydroxylation is 2. The highest BCUT2D eigenvalue weighted by Gasteiger charge is 2.18. The lowest BCUT2D eigenvalue weighted by Gasteiger charge is -2.00. The van der Waals surface area contributed by atoms with Crippen LogP contribution in [0.25, 0.3) is 16.2 Å². The molecule has 0 spiro atoms. The Morgan fingerprint density at radius 3 is 2.69 bits per heavy atom. The van der Waals surface area contributed by atoms with Crippen molar-refractivity contribution >= 4 is 23.0 Å². The summed E-state index contributed by atoms with van der Waals surface area (Å²) < 4.78 is 7.40. The van der Waals surface area contributed by atoms with Crippen LogP contribution in [0.1, 0.15) is 26.6 Å². The molecule has 4 aromatic rings. The molecule has 0 atom stereocenters. The Morgan fingerprint density at radius 2 is 1.92 bits per heavy atom. The molecule has 0 radical (unpaired) electrons. The quantitative estimate of drug-likeness (QED) is 0.503. The van der Waals surface area contributed by atoms with Gasteiger partial charge in [0.05, 0.1) is 11.4 Å². The van der Waals surface area contributed by atoms with E-state index in [0.717, 1.165) is 27.5 Å². The van der Waals surface area contributed by atoms with Crippen LogP contribution in [0.4, 0.5) is 0 Å². The number of nitrogens with zero attached hydrogens (tertiary/aromatic N) is 3. The summed E-state index contributed by atoms with van der Waals surface area (Å²) in [4.78, 5) is 22.0. The molecule has 0 amide bonds. The van der Waals surface area contributed by atoms with Crippen LogP contribution in [0.3, 0.4) is 0 Å². The minimum atomic E-state index is -0.365. The molecule has 0 bridgehead atoms. The maximum atomic E-state index is 12.5. The van der Waals surface area contributed by atoms with Crippen molar-refractivity contribution in [3.8, 4) is 10.6 Å². The molecule has 0 fully saturated rings. The van der Waals surface area contributed by atoms with Crippen LogP contribution in [-0.4, -0.2) is 20.3 Å². The third-order valence-corrected chi connectivity index (χ3v) is 5.27. The van der Waals surface area contributed by atoms with Gasteiger partial charge in [0.1, 0.15) is 22.1 Å². The number of hydrogen-bond donors (Lipinski definition) is 0. The van der Waals surface area contributed by atoms with Crippen molar-refractivity contribution in [1.29, 1.82) is 0 Å². The van der Waals surface area contributed by atoms with Crippen molar-refractivity contribution in [3.63, 3.8) is 0 Å². The lowest BCUT2D eigenvalue weighted by atomic mass is 10.2. The summed E-state index contributed by atoms with van der Waals surface area (Å²) in [5.41, 5.74) is 4.35. The van der Waals surface area contributed by atoms with Crippen molar-refractivity contribution in [3.05, 3.63) is 76.7 Å². The van der Waals surface area contributed by atoms with Crippen molar-refractivity contribution < 1.29 is 9.53 Å². The second-order valence-electron chi connectivity index (χ2n) is 6.03. The molecule has 0 saturated heterocycles. The van der Waals surface area contributed by atoms with E-state index in [4.69, 9.17) is 4.74 Å². The molecule has 3 aromatic heterocycles. The van der Waals surface area contributed by atoms with Gasteiger partial charge in [0, 0.05) is 18.0 Å². The first-order valence-electron chi connectivity index (χ1n) is 8.25. The Kier molecular flexibility index (Phi) is 4.26. The van der Waals surface area contributed by atoms with Crippen LogP contribution in [0.2, 0.25) is 0 Å². The second kappa shape index (κ2) is 6.72. The molecule has 0 saturated carbocycles. The second-order valence-corrected chi connectivity index (χ2v) is 7.03. The standard InChI is InChI=1S/C20H17N3O2S/c1-13-7-6-10-23-11-16(22-18(13)23)12-25-20(24)17-14(2)21-19(26-17)15-8-4-3-5-9-15/h3-11H,12H2,1-2H3. The van der Waals surface area contributed by atoms with Crippen LogP contribution in [0.5, 0.6) is 0 Å². The van der Waals surface area contributed by atoms with Crippen molar-refractivity contribution in [1.82, 2.24) is 14.4 Å². The molecule has 3 heterocycles. The van der Waals surface area contributed by atoms with Crippen molar-refractivity contribution in [2.75, 3.05) is 0 Å². The zero-order chi connectivity index (χ0) is 18.1. The minimum Gasteiger partial charge on any atom is -0.455 e. The van der Waals surface area contributed by atoms with Gasteiger partial charge in [-0.05, 0) is 25.5 Å². The predicted molar refractivity (Wildman–Crippen MR) is 101 cm³/mol. The van der Waals surface area contributed by atoms with Crippen molar-refractivity contribution in [2.24, 2.45) is 0 Å². The topological polar surface area (TPSA) is 56.5 Å². The summed E-state index contributed by atoms with van der Waals surface area (Å²) in [6.45, 7) is 3.97. The van der Waals surface area contributed by atoms with E-state index < -0.39 is 0 Å². The number of fused-ring (bicyclic) bond motifs is 1. The summed E-state index contributed by atoms with van der Waals surface area (Å²) in [7, 11) is 0. The number of carbonyl (C=O) groups is 1. The number of rotatable bonds is 4. The van der Waals surface area contributed by atoms with Crippen LogP contribution in [0.15, 0.2) is 54.9 Å². The van der Waals surface area contributed by atoms with E-state index in [-0.39, 0.29) is 12.6 Å². The van der Waals surface area contributed by atoms with Crippen LogP contribution >= 0.6 is 11.3 Å². The van der Waals surface area contributed by atoms with Gasteiger partial charge in [-0.3, -0.25) is 0 Å². The van der Waals surface area contributed by atoms with E-state index >= 15 is 0 Å². The Labute approximate surface area is 154 Å². The van der Waals surface area contributed by atoms with E-state index in [1.807, 2.05) is 73.1 Å². The van der Waals surface area contributed by atoms with Gasteiger partial charge in [-0.15, -0.1) is 11.3 Å². The number of aromatic nitrogens is 3. The monoisotopic (exact) mass is 363 g/mol. The first-order valence-corrected chi connectivity index (χ1v) is 9.06. The summed E-state index contributed by atoms with van der Waals surface area (Å²) in [5, 5.41) is 0.818. The van der Waals surface area contributed by atoms with E-state index in [9.17, 15) is 4.79 Å². The first-order chi connectivity index (χ1) is 12.6. The van der Waals surface area contributed by atoms with Gasteiger partial charge in [-0.2, -0.15) is 0 Å². The third-order valence-electron chi connectivity index (χ3n) is 4.08. The Balaban J connectivity index is 1.51. The number of hydrogen-bond acceptors (Lipinski definition) is 5. The summed E-state index contributed by atoms with van der Waals surface area (Å²) in [6, 6.07) is 13.8. The minimum absolute atomic E-state index is 0.137. The van der Waals surface area contributed by atoms with Crippen LogP contribution < -0.4 is 0 Å². The number of thiazole rings is 1. The summed E-state index contributed by atoms with van der Waals surface area (Å²) in [6.07, 6.45) is 3.81. The predicted octanol–water partition coefficient (Wildman–Crippen LogP) is 4.43. The van der Waals surface area contributed by atoms with E-state index in [1.54, 1.807) is 0 Å². The molecule has 130 valence electrons. The highest BCUT2D eigenvalue weighted by molar-refractivity contribution is 7.17. The van der Waals surface area contributed by atoms with Gasteiger partial charge >= 0.3 is 5.97 Å². The van der Waals surface area contributed by atoms with E-state index in [0.29, 0.717) is 10.6 Å². The van der Waals surface area contributed by atoms with E-state index in [1.165, 1.54) is 11.3 Å². The molecule has 0 aliphatic carbocycles. The molecule has 6 heteroatoms. The summed E-state index contributed by atoms with van der Waals surface area (Å²) >= 11 is 1.35. The first kappa shape index (κ1) is 16.5. The molecule has 0 aliphatic heterocycles. The molecular formula is C20H17N3O2S. The zero-order valence-electron chi connectivity index (χ0n) is 14.5. The molecule has 4 rings (SSSR count). The van der Waals surface area contributed by atoms with Crippen LogP contribution in [0, 0.1) is 13.8 Å². The largest absolute Gasteiger partial charge is 0.455 e. The van der Waals surface area contributed by atoms with E-state index in [2.05, 4.69) is 9.97 Å². The van der Waals surface area contributed by atoms with Gasteiger partial charge in [0.2, 0.25) is 0 Å². The number of esters is 1. The zero-order valence-corrected chi connectivity index (χ0v) is 15.3. The Hall–Kier alpha value is -2.99. The van der Waals surface area contributed by atoms with Gasteiger partial charge in [0.15, 0.2) is 0 Å². The molecule has 0 unspecified atom stereocenters. The van der Waals surface area contributed by atoms with Gasteiger partial charge in [0.25, 0.3) is 0 Å². The van der Waals surface area contributed by atoms with Crippen LogP contribution in [-0.2, 0) is 11.3 Å². The van der Waals surface area contributed by atoms with Gasteiger partial charge in [-0.1, -0.05) is 36.4 Å². The lowest BCUT2D eigenvalue weighted by Crippen LogP contribution is -2.05. The maximum Gasteiger partial charge on any atom is 0.350 e. The third kappa shape index (κ3) is 3.11. The Bertz CT molecular complexity index is 1080. The highest BCUT2D eigenvalue weighted by atomic mass is 32.1. The number of benzene rings is 1. The number of carbonyl (C=O) groups excluding carboxylic acids is 1. The Morgan fingerprint density at radius 1 is 1.12 bits per heavy atom. The highest BCUT2D eigenvalue weighted by Crippen LogP contribution is 2.28. The SMILES string of the molecule is Cc1nc(-c2ccccc2)sc1C(=O)OCc1cn2cccc(C)c2n1. The molecule has 0 N–H and O–H groups in total. The fourth-order valence-corrected chi connectivity index (χ4v) is 3.73. The molecule has 1 aromatic carbocycles. The maximum absolute atomic E-state index is 12.5. The smallest absolute Gasteiger partial charge is 0.350 e. The van der Waals surface area contributed by atoms with Crippen molar-refractivity contribution in [2.45, 2.75) is 20.5 Å². The van der Waals surface area contributed by atoms with Gasteiger partial charge in [-0.25, -0.2) is 14.8 Å². The number of ether oxygens (including phenoxy) is 1. The molecule has 26 heavy (non-hydrogen) atoms. The number of pyridine rings is 1. The van der Waals surface area contributed by atoms with Gasteiger partial charge < -0.3 is 9.14 Å². The average Bonchev–Trinajstić information content (AvgIpc) is 3.25.